The van der Waals surface area contributed by atoms with Crippen molar-refractivity contribution in [1.29, 1.82) is 0 Å². The number of rotatable bonds is 4. The highest BCUT2D eigenvalue weighted by Gasteiger charge is 2.25. The minimum absolute atomic E-state index is 0.325. The van der Waals surface area contributed by atoms with Crippen LogP contribution in [0.1, 0.15) is 19.3 Å². The van der Waals surface area contributed by atoms with Gasteiger partial charge in [-0.25, -0.2) is 0 Å². The molecule has 1 N–H and O–H groups in total. The van der Waals surface area contributed by atoms with Crippen molar-refractivity contribution in [3.8, 4) is 5.75 Å². The molecule has 1 aromatic carbocycles. The van der Waals surface area contributed by atoms with E-state index in [0.29, 0.717) is 17.5 Å². The molecule has 0 amide bonds. The molecule has 0 aromatic heterocycles. The van der Waals surface area contributed by atoms with E-state index in [-0.39, 0.29) is 6.10 Å². The van der Waals surface area contributed by atoms with Gasteiger partial charge in [-0.3, -0.25) is 0 Å². The Morgan fingerprint density at radius 1 is 1.33 bits per heavy atom. The third-order valence-corrected chi connectivity index (χ3v) is 3.18. The second-order valence-electron chi connectivity index (χ2n) is 4.02. The summed E-state index contributed by atoms with van der Waals surface area (Å²) in [5.74, 6) is 1.20. The summed E-state index contributed by atoms with van der Waals surface area (Å²) in [4.78, 5) is 0. The Hall–Kier alpha value is -0.730. The van der Waals surface area contributed by atoms with Gasteiger partial charge in [0.05, 0.1) is 6.10 Å². The summed E-state index contributed by atoms with van der Waals surface area (Å²) in [6.45, 7) is 0.381. The van der Waals surface area contributed by atoms with E-state index in [4.69, 9.17) is 16.3 Å². The minimum atomic E-state index is -0.325. The predicted octanol–water partition coefficient (Wildman–Crippen LogP) is 2.88. The molecule has 0 aliphatic heterocycles. The second kappa shape index (κ2) is 4.86. The van der Waals surface area contributed by atoms with Crippen LogP contribution < -0.4 is 4.74 Å². The third-order valence-electron chi connectivity index (χ3n) is 2.93. The molecular weight excluding hydrogens is 212 g/mol. The number of aliphatic hydroxyl groups excluding tert-OH is 1. The highest BCUT2D eigenvalue weighted by atomic mass is 35.5. The molecule has 0 heterocycles. The van der Waals surface area contributed by atoms with E-state index < -0.39 is 0 Å². The van der Waals surface area contributed by atoms with Gasteiger partial charge in [0.1, 0.15) is 12.4 Å². The Morgan fingerprint density at radius 2 is 2.00 bits per heavy atom. The maximum absolute atomic E-state index is 9.73. The van der Waals surface area contributed by atoms with Crippen LogP contribution in [0.3, 0.4) is 0 Å². The van der Waals surface area contributed by atoms with Crippen LogP contribution in [0.5, 0.6) is 5.75 Å². The van der Waals surface area contributed by atoms with Gasteiger partial charge >= 0.3 is 0 Å². The third kappa shape index (κ3) is 2.86. The van der Waals surface area contributed by atoms with Crippen LogP contribution >= 0.6 is 11.6 Å². The molecule has 1 aliphatic carbocycles. The van der Waals surface area contributed by atoms with Crippen LogP contribution in [0, 0.1) is 5.92 Å². The van der Waals surface area contributed by atoms with Crippen molar-refractivity contribution in [1.82, 2.24) is 0 Å². The SMILES string of the molecule is OC(COc1ccc(Cl)cc1)C1CCC1. The Labute approximate surface area is 94.8 Å². The summed E-state index contributed by atoms with van der Waals surface area (Å²) in [7, 11) is 0. The van der Waals surface area contributed by atoms with Gasteiger partial charge in [0, 0.05) is 5.02 Å². The van der Waals surface area contributed by atoms with E-state index in [2.05, 4.69) is 0 Å². The van der Waals surface area contributed by atoms with Gasteiger partial charge in [0.2, 0.25) is 0 Å². The van der Waals surface area contributed by atoms with E-state index in [1.807, 2.05) is 12.1 Å². The van der Waals surface area contributed by atoms with Crippen LogP contribution in [0.15, 0.2) is 24.3 Å². The highest BCUT2D eigenvalue weighted by Crippen LogP contribution is 2.29. The molecule has 15 heavy (non-hydrogen) atoms. The first-order valence-electron chi connectivity index (χ1n) is 5.32. The molecule has 2 nitrogen and oxygen atoms in total. The van der Waals surface area contributed by atoms with E-state index in [9.17, 15) is 5.11 Å². The second-order valence-corrected chi connectivity index (χ2v) is 4.46. The van der Waals surface area contributed by atoms with Gasteiger partial charge in [-0.05, 0) is 43.0 Å². The smallest absolute Gasteiger partial charge is 0.119 e. The van der Waals surface area contributed by atoms with Crippen molar-refractivity contribution in [2.75, 3.05) is 6.61 Å². The Kier molecular flexibility index (Phi) is 3.49. The molecule has 0 spiro atoms. The first-order chi connectivity index (χ1) is 7.25. The fourth-order valence-corrected chi connectivity index (χ4v) is 1.80. The quantitative estimate of drug-likeness (QED) is 0.856. The van der Waals surface area contributed by atoms with Crippen LogP contribution in [0.2, 0.25) is 5.02 Å². The summed E-state index contributed by atoms with van der Waals surface area (Å²) >= 11 is 5.75. The normalized spacial score (nSPS) is 18.3. The maximum Gasteiger partial charge on any atom is 0.119 e. The largest absolute Gasteiger partial charge is 0.491 e. The molecule has 0 saturated heterocycles. The number of hydrogen-bond donors (Lipinski definition) is 1. The summed E-state index contributed by atoms with van der Waals surface area (Å²) in [6.07, 6.45) is 3.17. The fraction of sp³-hybridized carbons (Fsp3) is 0.500. The number of hydrogen-bond acceptors (Lipinski definition) is 2. The zero-order valence-corrected chi connectivity index (χ0v) is 9.28. The molecule has 0 bridgehead atoms. The van der Waals surface area contributed by atoms with E-state index >= 15 is 0 Å². The molecule has 1 atom stereocenters. The highest BCUT2D eigenvalue weighted by molar-refractivity contribution is 6.30. The van der Waals surface area contributed by atoms with Crippen LogP contribution in [0.4, 0.5) is 0 Å². The number of aliphatic hydroxyl groups is 1. The zero-order chi connectivity index (χ0) is 10.7. The summed E-state index contributed by atoms with van der Waals surface area (Å²) in [5, 5.41) is 10.4. The molecule has 1 saturated carbocycles. The standard InChI is InChI=1S/C12H15ClO2/c13-10-4-6-11(7-5-10)15-8-12(14)9-2-1-3-9/h4-7,9,12,14H,1-3,8H2. The van der Waals surface area contributed by atoms with Crippen LogP contribution in [0.25, 0.3) is 0 Å². The molecule has 1 aromatic rings. The minimum Gasteiger partial charge on any atom is -0.491 e. The molecule has 1 fully saturated rings. The lowest BCUT2D eigenvalue weighted by atomic mass is 9.81. The van der Waals surface area contributed by atoms with Gasteiger partial charge in [-0.2, -0.15) is 0 Å². The zero-order valence-electron chi connectivity index (χ0n) is 8.53. The molecular formula is C12H15ClO2. The van der Waals surface area contributed by atoms with Gasteiger partial charge in [-0.15, -0.1) is 0 Å². The number of benzene rings is 1. The Bertz CT molecular complexity index is 306. The van der Waals surface area contributed by atoms with Crippen molar-refractivity contribution in [3.05, 3.63) is 29.3 Å². The molecule has 82 valence electrons. The predicted molar refractivity (Wildman–Crippen MR) is 60.3 cm³/mol. The van der Waals surface area contributed by atoms with Gasteiger partial charge in [0.15, 0.2) is 0 Å². The van der Waals surface area contributed by atoms with Crippen molar-refractivity contribution in [2.45, 2.75) is 25.4 Å². The van der Waals surface area contributed by atoms with Crippen molar-refractivity contribution < 1.29 is 9.84 Å². The van der Waals surface area contributed by atoms with Crippen LogP contribution in [-0.4, -0.2) is 17.8 Å². The molecule has 0 radical (unpaired) electrons. The lowest BCUT2D eigenvalue weighted by molar-refractivity contribution is 0.0241. The van der Waals surface area contributed by atoms with E-state index in [1.165, 1.54) is 6.42 Å². The van der Waals surface area contributed by atoms with Crippen molar-refractivity contribution in [2.24, 2.45) is 5.92 Å². The Morgan fingerprint density at radius 3 is 2.53 bits per heavy atom. The first-order valence-corrected chi connectivity index (χ1v) is 5.70. The molecule has 3 heteroatoms. The van der Waals surface area contributed by atoms with Gasteiger partial charge in [0.25, 0.3) is 0 Å². The lowest BCUT2D eigenvalue weighted by Crippen LogP contribution is -2.31. The summed E-state index contributed by atoms with van der Waals surface area (Å²) < 4.78 is 5.47. The summed E-state index contributed by atoms with van der Waals surface area (Å²) in [5.41, 5.74) is 0. The summed E-state index contributed by atoms with van der Waals surface area (Å²) in [6, 6.07) is 7.20. The average Bonchev–Trinajstić information content (AvgIpc) is 2.14. The first kappa shape index (κ1) is 10.8. The lowest BCUT2D eigenvalue weighted by Gasteiger charge is -2.30. The van der Waals surface area contributed by atoms with Gasteiger partial charge in [-0.1, -0.05) is 18.0 Å². The topological polar surface area (TPSA) is 29.5 Å². The number of ether oxygens (including phenoxy) is 1. The molecule has 1 unspecified atom stereocenters. The van der Waals surface area contributed by atoms with E-state index in [0.717, 1.165) is 18.6 Å². The fourth-order valence-electron chi connectivity index (χ4n) is 1.67. The Balaban J connectivity index is 1.79. The average molecular weight is 227 g/mol. The molecule has 2 rings (SSSR count). The van der Waals surface area contributed by atoms with E-state index in [1.54, 1.807) is 12.1 Å². The number of halogens is 1. The maximum atomic E-state index is 9.73. The molecule has 1 aliphatic rings. The monoisotopic (exact) mass is 226 g/mol. The van der Waals surface area contributed by atoms with Gasteiger partial charge < -0.3 is 9.84 Å². The van der Waals surface area contributed by atoms with Crippen molar-refractivity contribution in [3.63, 3.8) is 0 Å². The van der Waals surface area contributed by atoms with Crippen LogP contribution in [-0.2, 0) is 0 Å². The van der Waals surface area contributed by atoms with Crippen molar-refractivity contribution >= 4 is 11.6 Å².